The maximum absolute atomic E-state index is 14.6. The number of halogens is 3. The van der Waals surface area contributed by atoms with E-state index in [-0.39, 0.29) is 17.6 Å². The summed E-state index contributed by atoms with van der Waals surface area (Å²) < 4.78 is 14.6. The molecule has 3 aromatic rings. The van der Waals surface area contributed by atoms with E-state index in [9.17, 15) is 9.65 Å². The number of benzene rings is 2. The Morgan fingerprint density at radius 2 is 2.00 bits per heavy atom. The molecule has 2 heterocycles. The fourth-order valence-corrected chi connectivity index (χ4v) is 4.28. The van der Waals surface area contributed by atoms with Crippen LogP contribution in [0.3, 0.4) is 0 Å². The highest BCUT2D eigenvalue weighted by atomic mass is 35.5. The van der Waals surface area contributed by atoms with Gasteiger partial charge in [-0.25, -0.2) is 14.4 Å². The van der Waals surface area contributed by atoms with Crippen molar-refractivity contribution >= 4 is 39.9 Å². The van der Waals surface area contributed by atoms with Crippen molar-refractivity contribution in [3.05, 3.63) is 52.5 Å². The first-order valence-electron chi connectivity index (χ1n) is 9.05. The van der Waals surface area contributed by atoms with Crippen molar-refractivity contribution in [1.82, 2.24) is 9.97 Å². The lowest BCUT2D eigenvalue weighted by Crippen LogP contribution is -2.35. The van der Waals surface area contributed by atoms with Crippen molar-refractivity contribution < 1.29 is 4.39 Å². The molecule has 1 saturated heterocycles. The van der Waals surface area contributed by atoms with Crippen molar-refractivity contribution in [3.63, 3.8) is 0 Å². The molecular formula is C21H17Cl2FN4. The monoisotopic (exact) mass is 414 g/mol. The second kappa shape index (κ2) is 7.54. The molecule has 4 rings (SSSR count). The standard InChI is InChI=1S/C21H17Cl2FN4/c1-12-2-4-14(8-9-25)28(12)21-19-15(13-3-6-16(22)17(23)10-13)5-7-18(24)20(19)26-11-27-21/h3,5-7,10-12,14H,2,4,8H2,1H3. The minimum absolute atomic E-state index is 0.0445. The first kappa shape index (κ1) is 18.9. The van der Waals surface area contributed by atoms with E-state index in [1.165, 1.54) is 12.4 Å². The zero-order valence-corrected chi connectivity index (χ0v) is 16.7. The molecule has 1 fully saturated rings. The highest BCUT2D eigenvalue weighted by molar-refractivity contribution is 6.42. The summed E-state index contributed by atoms with van der Waals surface area (Å²) in [5.74, 6) is 0.238. The van der Waals surface area contributed by atoms with Crippen LogP contribution in [0, 0.1) is 17.1 Å². The van der Waals surface area contributed by atoms with Gasteiger partial charge in [0.15, 0.2) is 0 Å². The summed E-state index contributed by atoms with van der Waals surface area (Å²) in [6.07, 6.45) is 3.63. The molecule has 7 heteroatoms. The van der Waals surface area contributed by atoms with E-state index in [2.05, 4.69) is 27.9 Å². The third-order valence-corrected chi connectivity index (χ3v) is 6.05. The van der Waals surface area contributed by atoms with E-state index in [0.29, 0.717) is 27.7 Å². The molecule has 142 valence electrons. The van der Waals surface area contributed by atoms with Crippen molar-refractivity contribution in [3.8, 4) is 17.2 Å². The molecule has 1 aliphatic rings. The SMILES string of the molecule is CC1CCC(CC#N)N1c1ncnc2c(F)ccc(-c3ccc(Cl)c(Cl)c3)c12. The molecule has 28 heavy (non-hydrogen) atoms. The fourth-order valence-electron chi connectivity index (χ4n) is 3.98. The summed E-state index contributed by atoms with van der Waals surface area (Å²) in [5.41, 5.74) is 1.84. The van der Waals surface area contributed by atoms with Crippen molar-refractivity contribution in [2.75, 3.05) is 4.90 Å². The number of fused-ring (bicyclic) bond motifs is 1. The first-order valence-corrected chi connectivity index (χ1v) is 9.80. The predicted octanol–water partition coefficient (Wildman–Crippen LogP) is 6.01. The molecule has 4 nitrogen and oxygen atoms in total. The maximum Gasteiger partial charge on any atom is 0.149 e. The lowest BCUT2D eigenvalue weighted by Gasteiger charge is -2.30. The van der Waals surface area contributed by atoms with Gasteiger partial charge in [-0.15, -0.1) is 0 Å². The van der Waals surface area contributed by atoms with Gasteiger partial charge >= 0.3 is 0 Å². The zero-order valence-electron chi connectivity index (χ0n) is 15.2. The Morgan fingerprint density at radius 3 is 2.75 bits per heavy atom. The van der Waals surface area contributed by atoms with Crippen LogP contribution < -0.4 is 4.90 Å². The van der Waals surface area contributed by atoms with Crippen molar-refractivity contribution in [2.24, 2.45) is 0 Å². The van der Waals surface area contributed by atoms with E-state index >= 15 is 0 Å². The Kier molecular flexibility index (Phi) is 5.09. The molecule has 2 atom stereocenters. The minimum atomic E-state index is -0.411. The van der Waals surface area contributed by atoms with Gasteiger partial charge in [0.25, 0.3) is 0 Å². The van der Waals surface area contributed by atoms with Crippen LogP contribution >= 0.6 is 23.2 Å². The quantitative estimate of drug-likeness (QED) is 0.526. The van der Waals surface area contributed by atoms with E-state index in [4.69, 9.17) is 23.2 Å². The molecule has 0 aliphatic carbocycles. The Hall–Kier alpha value is -2.42. The summed E-state index contributed by atoms with van der Waals surface area (Å²) >= 11 is 12.3. The van der Waals surface area contributed by atoms with Crippen molar-refractivity contribution in [1.29, 1.82) is 5.26 Å². The smallest absolute Gasteiger partial charge is 0.149 e. The van der Waals surface area contributed by atoms with Crippen molar-refractivity contribution in [2.45, 2.75) is 38.3 Å². The Labute approximate surface area is 172 Å². The van der Waals surface area contributed by atoms with Gasteiger partial charge < -0.3 is 4.90 Å². The lowest BCUT2D eigenvalue weighted by atomic mass is 9.99. The first-order chi connectivity index (χ1) is 13.5. The fraction of sp³-hybridized carbons (Fsp3) is 0.286. The third kappa shape index (κ3) is 3.17. The largest absolute Gasteiger partial charge is 0.349 e. The predicted molar refractivity (Wildman–Crippen MR) is 110 cm³/mol. The molecule has 0 spiro atoms. The van der Waals surface area contributed by atoms with Crippen LogP contribution in [0.15, 0.2) is 36.7 Å². The number of aromatic nitrogens is 2. The molecule has 1 aliphatic heterocycles. The van der Waals surface area contributed by atoms with Crippen LogP contribution in [0.1, 0.15) is 26.2 Å². The second-order valence-electron chi connectivity index (χ2n) is 6.99. The van der Waals surface area contributed by atoms with Gasteiger partial charge in [0.05, 0.1) is 27.9 Å². The van der Waals surface area contributed by atoms with E-state index < -0.39 is 5.82 Å². The molecule has 0 amide bonds. The third-order valence-electron chi connectivity index (χ3n) is 5.31. The average molecular weight is 415 g/mol. The number of hydrogen-bond donors (Lipinski definition) is 0. The minimum Gasteiger partial charge on any atom is -0.349 e. The van der Waals surface area contributed by atoms with Gasteiger partial charge in [0.1, 0.15) is 23.5 Å². The topological polar surface area (TPSA) is 52.8 Å². The number of nitriles is 1. The molecule has 1 aromatic heterocycles. The Morgan fingerprint density at radius 1 is 1.18 bits per heavy atom. The van der Waals surface area contributed by atoms with Gasteiger partial charge in [-0.2, -0.15) is 5.26 Å². The van der Waals surface area contributed by atoms with E-state index in [0.717, 1.165) is 24.0 Å². The summed E-state index contributed by atoms with van der Waals surface area (Å²) in [7, 11) is 0. The average Bonchev–Trinajstić information content (AvgIpc) is 3.05. The van der Waals surface area contributed by atoms with Crippen LogP contribution in [0.4, 0.5) is 10.2 Å². The van der Waals surface area contributed by atoms with Gasteiger partial charge in [-0.1, -0.05) is 35.3 Å². The van der Waals surface area contributed by atoms with Crippen LogP contribution in [0.25, 0.3) is 22.0 Å². The number of hydrogen-bond acceptors (Lipinski definition) is 4. The number of rotatable bonds is 3. The highest BCUT2D eigenvalue weighted by Crippen LogP contribution is 2.40. The van der Waals surface area contributed by atoms with Crippen LogP contribution in [0.2, 0.25) is 10.0 Å². The van der Waals surface area contributed by atoms with Gasteiger partial charge in [0.2, 0.25) is 0 Å². The second-order valence-corrected chi connectivity index (χ2v) is 7.81. The maximum atomic E-state index is 14.6. The lowest BCUT2D eigenvalue weighted by molar-refractivity contribution is 0.634. The molecule has 0 saturated carbocycles. The molecular weight excluding hydrogens is 398 g/mol. The van der Waals surface area contributed by atoms with Gasteiger partial charge in [-0.05, 0) is 49.1 Å². The highest BCUT2D eigenvalue weighted by Gasteiger charge is 2.33. The van der Waals surface area contributed by atoms with E-state index in [1.807, 2.05) is 6.07 Å². The summed E-state index contributed by atoms with van der Waals surface area (Å²) in [6, 6.07) is 10.9. The number of nitrogens with zero attached hydrogens (tertiary/aromatic N) is 4. The molecule has 0 bridgehead atoms. The van der Waals surface area contributed by atoms with Gasteiger partial charge in [0, 0.05) is 12.1 Å². The zero-order chi connectivity index (χ0) is 19.8. The van der Waals surface area contributed by atoms with Crippen LogP contribution in [0.5, 0.6) is 0 Å². The molecule has 2 unspecified atom stereocenters. The summed E-state index contributed by atoms with van der Waals surface area (Å²) in [6.45, 7) is 2.10. The normalized spacial score (nSPS) is 19.2. The van der Waals surface area contributed by atoms with Crippen LogP contribution in [-0.2, 0) is 0 Å². The molecule has 0 N–H and O–H groups in total. The summed E-state index contributed by atoms with van der Waals surface area (Å²) in [4.78, 5) is 10.8. The van der Waals surface area contributed by atoms with E-state index in [1.54, 1.807) is 18.2 Å². The molecule has 2 aromatic carbocycles. The van der Waals surface area contributed by atoms with Crippen LogP contribution in [-0.4, -0.2) is 22.1 Å². The Bertz CT molecular complexity index is 1100. The number of anilines is 1. The van der Waals surface area contributed by atoms with Gasteiger partial charge in [-0.3, -0.25) is 0 Å². The summed E-state index contributed by atoms with van der Waals surface area (Å²) in [5, 5.41) is 10.7. The Balaban J connectivity index is 1.99. The molecule has 0 radical (unpaired) electrons.